The lowest BCUT2D eigenvalue weighted by Gasteiger charge is -2.01. The smallest absolute Gasteiger partial charge is 0.178 e. The van der Waals surface area contributed by atoms with Gasteiger partial charge in [-0.3, -0.25) is 0 Å². The van der Waals surface area contributed by atoms with E-state index < -0.39 is 0 Å². The van der Waals surface area contributed by atoms with Crippen LogP contribution in [0.25, 0.3) is 0 Å². The molecule has 5 heteroatoms. The van der Waals surface area contributed by atoms with Gasteiger partial charge in [0.15, 0.2) is 3.01 Å². The molecule has 0 N–H and O–H groups in total. The molecule has 1 aromatic rings. The monoisotopic (exact) mass is 270 g/mol. The predicted molar refractivity (Wildman–Crippen MR) is 48.1 cm³/mol. The molecule has 0 aromatic carbocycles. The van der Waals surface area contributed by atoms with Gasteiger partial charge in [-0.15, -0.1) is 10.2 Å². The fourth-order valence-corrected chi connectivity index (χ4v) is 1.86. The summed E-state index contributed by atoms with van der Waals surface area (Å²) in [5.41, 5.74) is 0. The van der Waals surface area contributed by atoms with Crippen LogP contribution in [0.2, 0.25) is 0 Å². The van der Waals surface area contributed by atoms with Crippen molar-refractivity contribution in [3.05, 3.63) is 8.02 Å². The number of halogens is 1. The minimum Gasteiger partial charge on any atom is -0.374 e. The highest BCUT2D eigenvalue weighted by atomic mass is 127. The van der Waals surface area contributed by atoms with Gasteiger partial charge >= 0.3 is 0 Å². The Morgan fingerprint density at radius 1 is 1.60 bits per heavy atom. The minimum absolute atomic E-state index is 0.0704. The van der Waals surface area contributed by atoms with E-state index in [-0.39, 0.29) is 6.10 Å². The SMILES string of the molecule is COC(C)c1nnc(I)s1. The van der Waals surface area contributed by atoms with Gasteiger partial charge in [0.25, 0.3) is 0 Å². The van der Waals surface area contributed by atoms with Crippen LogP contribution in [0, 0.1) is 3.01 Å². The second-order valence-corrected chi connectivity index (χ2v) is 4.53. The molecule has 1 heterocycles. The average molecular weight is 270 g/mol. The molecule has 1 aromatic heterocycles. The van der Waals surface area contributed by atoms with Crippen LogP contribution in [-0.2, 0) is 4.74 Å². The van der Waals surface area contributed by atoms with Gasteiger partial charge in [0.2, 0.25) is 0 Å². The Kier molecular flexibility index (Phi) is 2.99. The number of methoxy groups -OCH3 is 1. The van der Waals surface area contributed by atoms with Gasteiger partial charge in [0.05, 0.1) is 0 Å². The van der Waals surface area contributed by atoms with Crippen molar-refractivity contribution in [2.24, 2.45) is 0 Å². The summed E-state index contributed by atoms with van der Waals surface area (Å²) in [7, 11) is 1.67. The topological polar surface area (TPSA) is 35.0 Å². The zero-order valence-electron chi connectivity index (χ0n) is 5.67. The van der Waals surface area contributed by atoms with Gasteiger partial charge in [0, 0.05) is 7.11 Å². The Hall–Kier alpha value is 0.250. The van der Waals surface area contributed by atoms with Crippen LogP contribution in [-0.4, -0.2) is 17.3 Å². The lowest BCUT2D eigenvalue weighted by atomic mass is 10.4. The van der Waals surface area contributed by atoms with Crippen molar-refractivity contribution >= 4 is 33.9 Å². The predicted octanol–water partition coefficient (Wildman–Crippen LogP) is 1.85. The lowest BCUT2D eigenvalue weighted by molar-refractivity contribution is 0.118. The molecule has 1 unspecified atom stereocenters. The van der Waals surface area contributed by atoms with Gasteiger partial charge in [-0.1, -0.05) is 11.3 Å². The normalized spacial score (nSPS) is 13.5. The number of hydrogen-bond acceptors (Lipinski definition) is 4. The van der Waals surface area contributed by atoms with Crippen molar-refractivity contribution < 1.29 is 4.74 Å². The van der Waals surface area contributed by atoms with Crippen molar-refractivity contribution in [3.8, 4) is 0 Å². The quantitative estimate of drug-likeness (QED) is 0.769. The van der Waals surface area contributed by atoms with Crippen LogP contribution in [0.5, 0.6) is 0 Å². The Morgan fingerprint density at radius 2 is 2.30 bits per heavy atom. The van der Waals surface area contributed by atoms with E-state index in [1.165, 1.54) is 0 Å². The summed E-state index contributed by atoms with van der Waals surface area (Å²) >= 11 is 3.70. The highest BCUT2D eigenvalue weighted by Crippen LogP contribution is 2.20. The van der Waals surface area contributed by atoms with Gasteiger partial charge in [-0.2, -0.15) is 0 Å². The molecule has 56 valence electrons. The van der Waals surface area contributed by atoms with Crippen LogP contribution >= 0.6 is 33.9 Å². The van der Waals surface area contributed by atoms with E-state index in [4.69, 9.17) is 4.74 Å². The van der Waals surface area contributed by atoms with Gasteiger partial charge in [-0.05, 0) is 29.5 Å². The third-order valence-corrected chi connectivity index (χ3v) is 2.87. The maximum atomic E-state index is 5.05. The van der Waals surface area contributed by atoms with Gasteiger partial charge in [0.1, 0.15) is 11.1 Å². The lowest BCUT2D eigenvalue weighted by Crippen LogP contribution is -1.93. The van der Waals surface area contributed by atoms with Crippen LogP contribution in [0.15, 0.2) is 0 Å². The van der Waals surface area contributed by atoms with E-state index in [0.717, 1.165) is 8.02 Å². The summed E-state index contributed by atoms with van der Waals surface area (Å²) < 4.78 is 6.01. The summed E-state index contributed by atoms with van der Waals surface area (Å²) in [4.78, 5) is 0. The van der Waals surface area contributed by atoms with Crippen molar-refractivity contribution in [1.82, 2.24) is 10.2 Å². The molecule has 0 saturated heterocycles. The molecule has 0 bridgehead atoms. The molecule has 3 nitrogen and oxygen atoms in total. The molecular formula is C5H7IN2OS. The van der Waals surface area contributed by atoms with E-state index in [1.54, 1.807) is 18.4 Å². The molecule has 0 aliphatic carbocycles. The highest BCUT2D eigenvalue weighted by molar-refractivity contribution is 14.1. The fraction of sp³-hybridized carbons (Fsp3) is 0.600. The van der Waals surface area contributed by atoms with Crippen molar-refractivity contribution in [2.45, 2.75) is 13.0 Å². The van der Waals surface area contributed by atoms with Crippen LogP contribution in [0.1, 0.15) is 18.0 Å². The van der Waals surface area contributed by atoms with Crippen molar-refractivity contribution in [1.29, 1.82) is 0 Å². The summed E-state index contributed by atoms with van der Waals surface area (Å²) in [6, 6.07) is 0. The van der Waals surface area contributed by atoms with E-state index in [9.17, 15) is 0 Å². The van der Waals surface area contributed by atoms with Crippen LogP contribution in [0.4, 0.5) is 0 Å². The zero-order valence-corrected chi connectivity index (χ0v) is 8.64. The second-order valence-electron chi connectivity index (χ2n) is 1.77. The third kappa shape index (κ3) is 1.86. The molecule has 0 radical (unpaired) electrons. The molecule has 0 amide bonds. The molecule has 0 spiro atoms. The standard InChI is InChI=1S/C5H7IN2OS/c1-3(9-2)4-7-8-5(6)10-4/h3H,1-2H3. The first-order chi connectivity index (χ1) is 4.74. The largest absolute Gasteiger partial charge is 0.374 e. The minimum atomic E-state index is 0.0704. The number of rotatable bonds is 2. The maximum absolute atomic E-state index is 5.05. The van der Waals surface area contributed by atoms with E-state index >= 15 is 0 Å². The number of ether oxygens (including phenoxy) is 1. The number of aromatic nitrogens is 2. The Morgan fingerprint density at radius 3 is 2.70 bits per heavy atom. The maximum Gasteiger partial charge on any atom is 0.178 e. The highest BCUT2D eigenvalue weighted by Gasteiger charge is 2.08. The average Bonchev–Trinajstić information content (AvgIpc) is 2.34. The van der Waals surface area contributed by atoms with Crippen LogP contribution < -0.4 is 0 Å². The molecule has 0 saturated carbocycles. The third-order valence-electron chi connectivity index (χ3n) is 1.12. The van der Waals surface area contributed by atoms with Crippen molar-refractivity contribution in [2.75, 3.05) is 7.11 Å². The molecule has 0 aliphatic rings. The number of nitrogens with zero attached hydrogens (tertiary/aromatic N) is 2. The summed E-state index contributed by atoms with van der Waals surface area (Å²) in [6.45, 7) is 1.95. The first-order valence-corrected chi connectivity index (χ1v) is 4.65. The Balaban J connectivity index is 2.74. The molecule has 0 aliphatic heterocycles. The second kappa shape index (κ2) is 3.59. The number of hydrogen-bond donors (Lipinski definition) is 0. The first-order valence-electron chi connectivity index (χ1n) is 2.75. The Labute approximate surface area is 76.9 Å². The summed E-state index contributed by atoms with van der Waals surface area (Å²) in [5.74, 6) is 0. The van der Waals surface area contributed by atoms with E-state index in [0.29, 0.717) is 0 Å². The molecule has 0 fully saturated rings. The van der Waals surface area contributed by atoms with Crippen molar-refractivity contribution in [3.63, 3.8) is 0 Å². The van der Waals surface area contributed by atoms with E-state index in [1.807, 2.05) is 6.92 Å². The Bertz CT molecular complexity index is 215. The van der Waals surface area contributed by atoms with E-state index in [2.05, 4.69) is 32.8 Å². The van der Waals surface area contributed by atoms with Gasteiger partial charge < -0.3 is 4.74 Å². The first kappa shape index (κ1) is 8.35. The van der Waals surface area contributed by atoms with Crippen LogP contribution in [0.3, 0.4) is 0 Å². The molecule has 1 atom stereocenters. The summed E-state index contributed by atoms with van der Waals surface area (Å²) in [6.07, 6.45) is 0.0704. The fourth-order valence-electron chi connectivity index (χ4n) is 0.481. The molecule has 10 heavy (non-hydrogen) atoms. The molecular weight excluding hydrogens is 263 g/mol. The summed E-state index contributed by atoms with van der Waals surface area (Å²) in [5, 5.41) is 8.72. The molecule has 1 rings (SSSR count). The zero-order chi connectivity index (χ0) is 7.56. The van der Waals surface area contributed by atoms with Gasteiger partial charge in [-0.25, -0.2) is 0 Å².